The molecule has 2 atom stereocenters. The van der Waals surface area contributed by atoms with Gasteiger partial charge >= 0.3 is 0 Å². The standard InChI is InChI=1S/C14H22N2O3S/c1-4-10-13(20-9(3)15-10)14(17)16-11-6-7-18-8-12(11)19-5-2/h11-12H,4-8H2,1-3H3,(H,16,17)/t11-,12-/m1/s1. The van der Waals surface area contributed by atoms with E-state index in [1.807, 2.05) is 20.8 Å². The third kappa shape index (κ3) is 3.56. The van der Waals surface area contributed by atoms with Gasteiger partial charge in [-0.05, 0) is 26.7 Å². The van der Waals surface area contributed by atoms with Gasteiger partial charge in [-0.25, -0.2) is 4.98 Å². The fourth-order valence-corrected chi connectivity index (χ4v) is 3.29. The highest BCUT2D eigenvalue weighted by molar-refractivity contribution is 7.13. The van der Waals surface area contributed by atoms with Gasteiger partial charge in [0.2, 0.25) is 0 Å². The van der Waals surface area contributed by atoms with E-state index in [0.717, 1.165) is 28.4 Å². The molecule has 1 N–H and O–H groups in total. The molecule has 2 heterocycles. The van der Waals surface area contributed by atoms with Crippen LogP contribution in [0.4, 0.5) is 0 Å². The molecule has 1 saturated heterocycles. The molecule has 0 aromatic carbocycles. The predicted molar refractivity (Wildman–Crippen MR) is 78.3 cm³/mol. The van der Waals surface area contributed by atoms with Crippen molar-refractivity contribution in [3.63, 3.8) is 0 Å². The Kier molecular flexibility index (Phi) is 5.51. The van der Waals surface area contributed by atoms with Crippen LogP contribution in [0.1, 0.15) is 40.6 Å². The summed E-state index contributed by atoms with van der Waals surface area (Å²) in [6.45, 7) is 7.73. The SMILES string of the molecule is CCO[C@@H]1COCC[C@H]1NC(=O)c1sc(C)nc1CC. The number of amides is 1. The molecule has 1 aliphatic rings. The number of carbonyl (C=O) groups excluding carboxylic acids is 1. The normalized spacial score (nSPS) is 22.8. The van der Waals surface area contributed by atoms with E-state index in [2.05, 4.69) is 10.3 Å². The highest BCUT2D eigenvalue weighted by Gasteiger charge is 2.29. The van der Waals surface area contributed by atoms with Crippen molar-refractivity contribution in [2.24, 2.45) is 0 Å². The molecule has 1 fully saturated rings. The maximum atomic E-state index is 12.4. The third-order valence-corrected chi connectivity index (χ3v) is 4.36. The van der Waals surface area contributed by atoms with Crippen molar-refractivity contribution in [3.8, 4) is 0 Å². The summed E-state index contributed by atoms with van der Waals surface area (Å²) in [5.74, 6) is -0.0379. The van der Waals surface area contributed by atoms with Crippen molar-refractivity contribution >= 4 is 17.2 Å². The first-order chi connectivity index (χ1) is 9.65. The maximum Gasteiger partial charge on any atom is 0.263 e. The third-order valence-electron chi connectivity index (χ3n) is 3.35. The summed E-state index contributed by atoms with van der Waals surface area (Å²) >= 11 is 1.45. The molecule has 6 heteroatoms. The number of hydrogen-bond acceptors (Lipinski definition) is 5. The minimum Gasteiger partial charge on any atom is -0.379 e. The zero-order valence-electron chi connectivity index (χ0n) is 12.3. The monoisotopic (exact) mass is 298 g/mol. The van der Waals surface area contributed by atoms with Gasteiger partial charge in [0.25, 0.3) is 5.91 Å². The summed E-state index contributed by atoms with van der Waals surface area (Å²) in [6, 6.07) is 0.0170. The van der Waals surface area contributed by atoms with Crippen LogP contribution < -0.4 is 5.32 Å². The van der Waals surface area contributed by atoms with Gasteiger partial charge in [0.05, 0.1) is 23.4 Å². The lowest BCUT2D eigenvalue weighted by Gasteiger charge is -2.31. The van der Waals surface area contributed by atoms with Gasteiger partial charge in [0, 0.05) is 13.2 Å². The van der Waals surface area contributed by atoms with E-state index in [1.54, 1.807) is 0 Å². The minimum atomic E-state index is -0.0585. The van der Waals surface area contributed by atoms with E-state index in [-0.39, 0.29) is 18.1 Å². The van der Waals surface area contributed by atoms with Crippen LogP contribution in [0.2, 0.25) is 0 Å². The molecule has 1 aliphatic heterocycles. The Morgan fingerprint density at radius 2 is 2.35 bits per heavy atom. The number of nitrogens with zero attached hydrogens (tertiary/aromatic N) is 1. The summed E-state index contributed by atoms with van der Waals surface area (Å²) in [7, 11) is 0. The van der Waals surface area contributed by atoms with E-state index in [9.17, 15) is 4.79 Å². The fourth-order valence-electron chi connectivity index (χ4n) is 2.38. The number of nitrogens with one attached hydrogen (secondary N) is 1. The molecule has 0 bridgehead atoms. The molecular formula is C14H22N2O3S. The van der Waals surface area contributed by atoms with Crippen LogP contribution >= 0.6 is 11.3 Å². The number of thiazole rings is 1. The zero-order chi connectivity index (χ0) is 14.5. The lowest BCUT2D eigenvalue weighted by molar-refractivity contribution is -0.0632. The highest BCUT2D eigenvalue weighted by Crippen LogP contribution is 2.20. The molecule has 0 aliphatic carbocycles. The number of carbonyl (C=O) groups is 1. The van der Waals surface area contributed by atoms with Gasteiger partial charge in [0.1, 0.15) is 11.0 Å². The van der Waals surface area contributed by atoms with Crippen LogP contribution in [0.3, 0.4) is 0 Å². The van der Waals surface area contributed by atoms with Crippen LogP contribution in [0.5, 0.6) is 0 Å². The van der Waals surface area contributed by atoms with Crippen LogP contribution in [-0.4, -0.2) is 42.9 Å². The number of hydrogen-bond donors (Lipinski definition) is 1. The largest absolute Gasteiger partial charge is 0.379 e. The smallest absolute Gasteiger partial charge is 0.263 e. The van der Waals surface area contributed by atoms with E-state index in [4.69, 9.17) is 9.47 Å². The lowest BCUT2D eigenvalue weighted by Crippen LogP contribution is -2.50. The second-order valence-corrected chi connectivity index (χ2v) is 6.00. The molecule has 0 radical (unpaired) electrons. The number of aryl methyl sites for hydroxylation is 2. The van der Waals surface area contributed by atoms with Crippen molar-refractivity contribution in [2.75, 3.05) is 19.8 Å². The van der Waals surface area contributed by atoms with Crippen molar-refractivity contribution in [1.29, 1.82) is 0 Å². The van der Waals surface area contributed by atoms with Crippen LogP contribution in [0.25, 0.3) is 0 Å². The fraction of sp³-hybridized carbons (Fsp3) is 0.714. The summed E-state index contributed by atoms with van der Waals surface area (Å²) in [6.07, 6.45) is 1.50. The van der Waals surface area contributed by atoms with Gasteiger partial charge in [-0.15, -0.1) is 11.3 Å². The van der Waals surface area contributed by atoms with Gasteiger partial charge in [-0.3, -0.25) is 4.79 Å². The van der Waals surface area contributed by atoms with Crippen molar-refractivity contribution in [2.45, 2.75) is 45.8 Å². The molecule has 0 unspecified atom stereocenters. The average molecular weight is 298 g/mol. The summed E-state index contributed by atoms with van der Waals surface area (Å²) in [4.78, 5) is 17.5. The second-order valence-electron chi connectivity index (χ2n) is 4.80. The first-order valence-electron chi connectivity index (χ1n) is 7.12. The number of rotatable bonds is 5. The van der Waals surface area contributed by atoms with E-state index in [1.165, 1.54) is 11.3 Å². The van der Waals surface area contributed by atoms with E-state index in [0.29, 0.717) is 19.8 Å². The van der Waals surface area contributed by atoms with Gasteiger partial charge < -0.3 is 14.8 Å². The first kappa shape index (κ1) is 15.4. The van der Waals surface area contributed by atoms with Gasteiger partial charge in [-0.2, -0.15) is 0 Å². The Morgan fingerprint density at radius 1 is 1.55 bits per heavy atom. The molecule has 1 aromatic heterocycles. The van der Waals surface area contributed by atoms with Crippen LogP contribution in [0, 0.1) is 6.92 Å². The molecule has 20 heavy (non-hydrogen) atoms. The zero-order valence-corrected chi connectivity index (χ0v) is 13.1. The molecule has 1 aromatic rings. The topological polar surface area (TPSA) is 60.5 Å². The van der Waals surface area contributed by atoms with E-state index >= 15 is 0 Å². The Labute approximate surface area is 123 Å². The van der Waals surface area contributed by atoms with Crippen molar-refractivity contribution in [1.82, 2.24) is 10.3 Å². The first-order valence-corrected chi connectivity index (χ1v) is 7.93. The molecular weight excluding hydrogens is 276 g/mol. The highest BCUT2D eigenvalue weighted by atomic mass is 32.1. The van der Waals surface area contributed by atoms with Crippen LogP contribution in [0.15, 0.2) is 0 Å². The van der Waals surface area contributed by atoms with Crippen molar-refractivity contribution < 1.29 is 14.3 Å². The maximum absolute atomic E-state index is 12.4. The van der Waals surface area contributed by atoms with Gasteiger partial charge in [0.15, 0.2) is 0 Å². The number of aromatic nitrogens is 1. The molecule has 0 spiro atoms. The Morgan fingerprint density at radius 3 is 3.05 bits per heavy atom. The molecule has 2 rings (SSSR count). The second kappa shape index (κ2) is 7.15. The van der Waals surface area contributed by atoms with Crippen LogP contribution in [-0.2, 0) is 15.9 Å². The molecule has 112 valence electrons. The molecule has 1 amide bonds. The van der Waals surface area contributed by atoms with Crippen molar-refractivity contribution in [3.05, 3.63) is 15.6 Å². The Bertz CT molecular complexity index is 459. The Hall–Kier alpha value is -0.980. The quantitative estimate of drug-likeness (QED) is 0.902. The van der Waals surface area contributed by atoms with Gasteiger partial charge in [-0.1, -0.05) is 6.92 Å². The number of ether oxygens (including phenoxy) is 2. The summed E-state index contributed by atoms with van der Waals surface area (Å²) in [5.41, 5.74) is 0.880. The molecule has 5 nitrogen and oxygen atoms in total. The van der Waals surface area contributed by atoms with E-state index < -0.39 is 0 Å². The summed E-state index contributed by atoms with van der Waals surface area (Å²) < 4.78 is 11.1. The predicted octanol–water partition coefficient (Wildman–Crippen LogP) is 1.94. The minimum absolute atomic E-state index is 0.0170. The molecule has 0 saturated carbocycles. The Balaban J connectivity index is 2.05. The lowest BCUT2D eigenvalue weighted by atomic mass is 10.1. The summed E-state index contributed by atoms with van der Waals surface area (Å²) in [5, 5.41) is 4.02. The average Bonchev–Trinajstić information content (AvgIpc) is 2.82.